The van der Waals surface area contributed by atoms with Crippen LogP contribution in [-0.2, 0) is 10.2 Å². The number of benzene rings is 1. The van der Waals surface area contributed by atoms with Crippen molar-refractivity contribution in [2.45, 2.75) is 38.1 Å². The smallest absolute Gasteiger partial charge is 0.148 e. The molecular weight excluding hydrogens is 439 g/mol. The van der Waals surface area contributed by atoms with Crippen molar-refractivity contribution in [1.82, 2.24) is 0 Å². The average molecular weight is 464 g/mol. The predicted octanol–water partition coefficient (Wildman–Crippen LogP) is 3.08. The number of piperidine rings is 1. The Morgan fingerprint density at radius 1 is 1.42 bits per heavy atom. The molecule has 3 heterocycles. The first-order valence-electron chi connectivity index (χ1n) is 9.39. The number of nitrogens with zero attached hydrogens (tertiary/aromatic N) is 1. The molecule has 1 aliphatic carbocycles. The van der Waals surface area contributed by atoms with Crippen LogP contribution in [0.5, 0.6) is 5.75 Å². The third kappa shape index (κ3) is 1.86. The first kappa shape index (κ1) is 18.0. The van der Waals surface area contributed by atoms with Gasteiger partial charge in [-0.15, -0.1) is 24.0 Å². The molecule has 4 atom stereocenters. The van der Waals surface area contributed by atoms with Crippen LogP contribution in [0.1, 0.15) is 32.3 Å². The molecule has 4 aliphatic rings. The largest absolute Gasteiger partial charge is 0.871 e. The molecule has 5 rings (SSSR count). The van der Waals surface area contributed by atoms with Crippen molar-refractivity contribution in [2.24, 2.45) is 5.92 Å². The van der Waals surface area contributed by atoms with E-state index in [0.717, 1.165) is 60.1 Å². The molecule has 1 unspecified atom stereocenters. The second kappa shape index (κ2) is 5.83. The molecule has 2 bridgehead atoms. The van der Waals surface area contributed by atoms with Gasteiger partial charge in [0.1, 0.15) is 18.9 Å². The van der Waals surface area contributed by atoms with Crippen LogP contribution >= 0.6 is 24.0 Å². The summed E-state index contributed by atoms with van der Waals surface area (Å²) in [6, 6.07) is 6.08. The van der Waals surface area contributed by atoms with E-state index in [1.807, 2.05) is 6.07 Å². The van der Waals surface area contributed by atoms with Gasteiger partial charge in [0.2, 0.25) is 0 Å². The Labute approximate surface area is 171 Å². The van der Waals surface area contributed by atoms with Gasteiger partial charge in [-0.3, -0.25) is 4.79 Å². The SMILES string of the molecule is C/C=C1\C[N+]2(CC)CC[C@]34C(=C(C=O)[C@H]1C[C@@H]32)Nc1c([O-])cccc14.I. The zero-order valence-electron chi connectivity index (χ0n) is 15.2. The molecule has 1 aromatic rings. The number of aldehydes is 1. The summed E-state index contributed by atoms with van der Waals surface area (Å²) in [5.74, 6) is 0.254. The van der Waals surface area contributed by atoms with E-state index in [4.69, 9.17) is 0 Å². The summed E-state index contributed by atoms with van der Waals surface area (Å²) in [6.07, 6.45) is 5.31. The van der Waals surface area contributed by atoms with Gasteiger partial charge < -0.3 is 14.9 Å². The van der Waals surface area contributed by atoms with E-state index in [-0.39, 0.29) is 41.1 Å². The quantitative estimate of drug-likeness (QED) is 0.317. The minimum Gasteiger partial charge on any atom is -0.871 e. The van der Waals surface area contributed by atoms with Gasteiger partial charge in [0.05, 0.1) is 18.5 Å². The highest BCUT2D eigenvalue weighted by Gasteiger charge is 2.68. The van der Waals surface area contributed by atoms with Crippen molar-refractivity contribution in [3.8, 4) is 5.75 Å². The number of carbonyl (C=O) groups excluding carboxylic acids is 1. The molecule has 4 nitrogen and oxygen atoms in total. The number of halogens is 1. The van der Waals surface area contributed by atoms with Crippen LogP contribution < -0.4 is 10.4 Å². The molecule has 5 heteroatoms. The van der Waals surface area contributed by atoms with Crippen molar-refractivity contribution >= 4 is 36.0 Å². The lowest BCUT2D eigenvalue weighted by Gasteiger charge is -2.53. The molecule has 2 saturated heterocycles. The molecule has 138 valence electrons. The predicted molar refractivity (Wildman–Crippen MR) is 110 cm³/mol. The number of fused-ring (bicyclic) bond motifs is 2. The molecule has 0 saturated carbocycles. The maximum Gasteiger partial charge on any atom is 0.148 e. The molecule has 3 aliphatic heterocycles. The summed E-state index contributed by atoms with van der Waals surface area (Å²) in [5, 5.41) is 15.9. The van der Waals surface area contributed by atoms with E-state index >= 15 is 0 Å². The molecule has 1 spiro atoms. The Hall–Kier alpha value is -1.34. The number of allylic oxidation sites excluding steroid dienone is 2. The van der Waals surface area contributed by atoms with Gasteiger partial charge in [-0.25, -0.2) is 0 Å². The van der Waals surface area contributed by atoms with Crippen molar-refractivity contribution < 1.29 is 14.4 Å². The number of anilines is 1. The van der Waals surface area contributed by atoms with Crippen LogP contribution in [0.3, 0.4) is 0 Å². The normalized spacial score (nSPS) is 37.7. The third-order valence-electron chi connectivity index (χ3n) is 7.58. The fourth-order valence-corrected chi connectivity index (χ4v) is 6.41. The molecule has 2 fully saturated rings. The van der Waals surface area contributed by atoms with Crippen LogP contribution in [0.25, 0.3) is 0 Å². The number of likely N-dealkylation sites (N-methyl/N-ethyl adjacent to an activating group) is 1. The van der Waals surface area contributed by atoms with Crippen LogP contribution in [0, 0.1) is 5.92 Å². The summed E-state index contributed by atoms with van der Waals surface area (Å²) in [6.45, 7) is 7.65. The summed E-state index contributed by atoms with van der Waals surface area (Å²) in [7, 11) is 0. The maximum atomic E-state index is 12.5. The fraction of sp³-hybridized carbons (Fsp3) is 0.476. The van der Waals surface area contributed by atoms with Gasteiger partial charge in [-0.2, -0.15) is 0 Å². The monoisotopic (exact) mass is 464 g/mol. The number of quaternary nitrogens is 1. The van der Waals surface area contributed by atoms with Gasteiger partial charge in [-0.1, -0.05) is 30.0 Å². The first-order valence-corrected chi connectivity index (χ1v) is 9.39. The number of hydrogen-bond acceptors (Lipinski definition) is 3. The Balaban J connectivity index is 0.00000168. The molecule has 26 heavy (non-hydrogen) atoms. The number of carbonyl (C=O) groups is 1. The third-order valence-corrected chi connectivity index (χ3v) is 7.58. The molecular formula is C21H25IN2O2. The zero-order valence-corrected chi connectivity index (χ0v) is 17.6. The van der Waals surface area contributed by atoms with Gasteiger partial charge in [0.15, 0.2) is 0 Å². The van der Waals surface area contributed by atoms with Gasteiger partial charge >= 0.3 is 0 Å². The minimum atomic E-state index is -0.169. The van der Waals surface area contributed by atoms with E-state index in [1.54, 1.807) is 6.07 Å². The summed E-state index contributed by atoms with van der Waals surface area (Å²) in [5.41, 5.74) is 4.99. The average Bonchev–Trinajstić information content (AvgIpc) is 3.17. The maximum absolute atomic E-state index is 12.5. The highest BCUT2D eigenvalue weighted by atomic mass is 127. The van der Waals surface area contributed by atoms with Crippen molar-refractivity contribution in [2.75, 3.05) is 25.0 Å². The highest BCUT2D eigenvalue weighted by Crippen LogP contribution is 2.63. The highest BCUT2D eigenvalue weighted by molar-refractivity contribution is 14.0. The lowest BCUT2D eigenvalue weighted by molar-refractivity contribution is -0.940. The summed E-state index contributed by atoms with van der Waals surface area (Å²) >= 11 is 0. The topological polar surface area (TPSA) is 52.2 Å². The van der Waals surface area contributed by atoms with Crippen LogP contribution in [-0.4, -0.2) is 36.4 Å². The number of hydrogen-bond donors (Lipinski definition) is 1. The van der Waals surface area contributed by atoms with Crippen molar-refractivity contribution in [3.05, 3.63) is 46.7 Å². The summed E-state index contributed by atoms with van der Waals surface area (Å²) < 4.78 is 1.09. The molecule has 0 radical (unpaired) electrons. The summed E-state index contributed by atoms with van der Waals surface area (Å²) in [4.78, 5) is 12.1. The Kier molecular flexibility index (Phi) is 4.04. The second-order valence-electron chi connectivity index (χ2n) is 8.06. The van der Waals surface area contributed by atoms with Crippen LogP contribution in [0.15, 0.2) is 41.1 Å². The first-order chi connectivity index (χ1) is 12.1. The standard InChI is InChI=1S/C21H24N2O2.HI/c1-3-13-11-23(4-2)9-8-21-16-6-5-7-17(25)19(16)22-20(21)15(12-24)14(13)10-18(21)23;/h3,5-7,12,14,18H,4,8-11H2,1-2H3,(H-,22,24,25);1H/b13-3+;/t14-,18-,21+,23?;/m0./s1. The number of para-hydroxylation sites is 1. The minimum absolute atomic E-state index is 0. The lowest BCUT2D eigenvalue weighted by atomic mass is 9.61. The Morgan fingerprint density at radius 3 is 2.92 bits per heavy atom. The van der Waals surface area contributed by atoms with E-state index < -0.39 is 0 Å². The van der Waals surface area contributed by atoms with E-state index in [2.05, 4.69) is 31.3 Å². The Morgan fingerprint density at radius 2 is 2.23 bits per heavy atom. The second-order valence-corrected chi connectivity index (χ2v) is 8.06. The molecule has 0 amide bonds. The van der Waals surface area contributed by atoms with Gasteiger partial charge in [-0.05, 0) is 25.0 Å². The number of rotatable bonds is 2. The number of nitrogens with one attached hydrogen (secondary N) is 1. The van der Waals surface area contributed by atoms with Crippen LogP contribution in [0.4, 0.5) is 5.69 Å². The van der Waals surface area contributed by atoms with Gasteiger partial charge in [0, 0.05) is 35.7 Å². The van der Waals surface area contributed by atoms with Crippen LogP contribution in [0.2, 0.25) is 0 Å². The van der Waals surface area contributed by atoms with E-state index in [1.165, 1.54) is 5.57 Å². The molecule has 1 N–H and O–H groups in total. The zero-order chi connectivity index (χ0) is 17.4. The Bertz CT molecular complexity index is 862. The van der Waals surface area contributed by atoms with E-state index in [9.17, 15) is 9.90 Å². The van der Waals surface area contributed by atoms with Crippen molar-refractivity contribution in [3.63, 3.8) is 0 Å². The van der Waals surface area contributed by atoms with Gasteiger partial charge in [0.25, 0.3) is 0 Å². The van der Waals surface area contributed by atoms with Crippen molar-refractivity contribution in [1.29, 1.82) is 0 Å². The van der Waals surface area contributed by atoms with E-state index in [0.29, 0.717) is 11.7 Å². The lowest BCUT2D eigenvalue weighted by Crippen LogP contribution is -2.63. The molecule has 1 aromatic carbocycles. The molecule has 0 aromatic heterocycles. The fourth-order valence-electron chi connectivity index (χ4n) is 6.41.